The van der Waals surface area contributed by atoms with Gasteiger partial charge in [0.05, 0.1) is 4.88 Å². The molecule has 0 N–H and O–H groups in total. The van der Waals surface area contributed by atoms with Crippen molar-refractivity contribution < 1.29 is 4.79 Å². The summed E-state index contributed by atoms with van der Waals surface area (Å²) in [5.74, 6) is 0. The standard InChI is InChI=1S/C13H13ClN2O2S/c1-2-3-6-16-13(18)9(12(14)17)8-10(15-16)11-5-4-7-19-11/h4-5,7-8H,2-3,6H2,1H3. The molecule has 0 fully saturated rings. The largest absolute Gasteiger partial charge is 0.278 e. The summed E-state index contributed by atoms with van der Waals surface area (Å²) in [5, 5.41) is 5.48. The molecule has 19 heavy (non-hydrogen) atoms. The zero-order valence-corrected chi connectivity index (χ0v) is 12.0. The number of aromatic nitrogens is 2. The van der Waals surface area contributed by atoms with E-state index in [-0.39, 0.29) is 5.56 Å². The van der Waals surface area contributed by atoms with Gasteiger partial charge in [-0.2, -0.15) is 5.10 Å². The Labute approximate surface area is 119 Å². The van der Waals surface area contributed by atoms with Gasteiger partial charge >= 0.3 is 0 Å². The van der Waals surface area contributed by atoms with E-state index in [4.69, 9.17) is 11.6 Å². The number of rotatable bonds is 5. The van der Waals surface area contributed by atoms with E-state index in [1.807, 2.05) is 24.4 Å². The molecule has 0 aliphatic rings. The molecule has 2 aromatic rings. The number of carbonyl (C=O) groups is 1. The summed E-state index contributed by atoms with van der Waals surface area (Å²) in [6.07, 6.45) is 1.78. The highest BCUT2D eigenvalue weighted by molar-refractivity contribution is 7.13. The van der Waals surface area contributed by atoms with Crippen molar-refractivity contribution in [2.24, 2.45) is 0 Å². The first-order valence-electron chi connectivity index (χ1n) is 5.99. The quantitative estimate of drug-likeness (QED) is 0.796. The molecule has 2 rings (SSSR count). The molecule has 0 bridgehead atoms. The molecule has 0 spiro atoms. The maximum Gasteiger partial charge on any atom is 0.278 e. The number of thiophene rings is 1. The monoisotopic (exact) mass is 296 g/mol. The second kappa shape index (κ2) is 6.12. The van der Waals surface area contributed by atoms with Crippen LogP contribution < -0.4 is 5.56 Å². The molecule has 0 aliphatic heterocycles. The van der Waals surface area contributed by atoms with Crippen LogP contribution in [0.4, 0.5) is 0 Å². The SMILES string of the molecule is CCCCn1nc(-c2cccs2)cc(C(=O)Cl)c1=O. The molecule has 4 nitrogen and oxygen atoms in total. The van der Waals surface area contributed by atoms with E-state index in [9.17, 15) is 9.59 Å². The molecule has 0 radical (unpaired) electrons. The molecule has 2 heterocycles. The van der Waals surface area contributed by atoms with E-state index in [1.54, 1.807) is 0 Å². The van der Waals surface area contributed by atoms with E-state index in [2.05, 4.69) is 5.10 Å². The summed E-state index contributed by atoms with van der Waals surface area (Å²) in [4.78, 5) is 24.3. The van der Waals surface area contributed by atoms with Crippen molar-refractivity contribution in [1.29, 1.82) is 0 Å². The Morgan fingerprint density at radius 1 is 1.53 bits per heavy atom. The van der Waals surface area contributed by atoms with E-state index in [0.717, 1.165) is 17.7 Å². The van der Waals surface area contributed by atoms with Gasteiger partial charge in [0.15, 0.2) is 0 Å². The number of aryl methyl sites for hydroxylation is 1. The smallest absolute Gasteiger partial charge is 0.275 e. The van der Waals surface area contributed by atoms with Gasteiger partial charge in [0.25, 0.3) is 10.8 Å². The van der Waals surface area contributed by atoms with Crippen molar-refractivity contribution >= 4 is 28.2 Å². The zero-order valence-electron chi connectivity index (χ0n) is 10.4. The third-order valence-electron chi connectivity index (χ3n) is 2.68. The second-order valence-electron chi connectivity index (χ2n) is 4.08. The van der Waals surface area contributed by atoms with Crippen molar-refractivity contribution in [2.45, 2.75) is 26.3 Å². The topological polar surface area (TPSA) is 52.0 Å². The molecule has 0 amide bonds. The van der Waals surface area contributed by atoms with Gasteiger partial charge < -0.3 is 0 Å². The fourth-order valence-corrected chi connectivity index (χ4v) is 2.50. The Balaban J connectivity index is 2.54. The first kappa shape index (κ1) is 14.0. The van der Waals surface area contributed by atoms with Crippen molar-refractivity contribution in [3.8, 4) is 10.6 Å². The number of unbranched alkanes of at least 4 members (excludes halogenated alkanes) is 1. The lowest BCUT2D eigenvalue weighted by atomic mass is 10.2. The van der Waals surface area contributed by atoms with Crippen LogP contribution in [0.15, 0.2) is 28.4 Å². The van der Waals surface area contributed by atoms with Crippen LogP contribution >= 0.6 is 22.9 Å². The first-order chi connectivity index (χ1) is 9.13. The molecule has 0 aromatic carbocycles. The highest BCUT2D eigenvalue weighted by Crippen LogP contribution is 2.22. The Morgan fingerprint density at radius 3 is 2.89 bits per heavy atom. The predicted octanol–water partition coefficient (Wildman–Crippen LogP) is 3.15. The van der Waals surface area contributed by atoms with Crippen molar-refractivity contribution in [1.82, 2.24) is 9.78 Å². The van der Waals surface area contributed by atoms with Gasteiger partial charge in [0, 0.05) is 6.54 Å². The molecular formula is C13H13ClN2O2S. The summed E-state index contributed by atoms with van der Waals surface area (Å²) < 4.78 is 1.33. The number of nitrogens with zero attached hydrogens (tertiary/aromatic N) is 2. The van der Waals surface area contributed by atoms with E-state index in [0.29, 0.717) is 12.2 Å². The zero-order chi connectivity index (χ0) is 13.8. The summed E-state index contributed by atoms with van der Waals surface area (Å²) in [6.45, 7) is 2.52. The Morgan fingerprint density at radius 2 is 2.32 bits per heavy atom. The van der Waals surface area contributed by atoms with E-state index < -0.39 is 10.8 Å². The number of carbonyl (C=O) groups excluding carboxylic acids is 1. The number of hydrogen-bond donors (Lipinski definition) is 0. The van der Waals surface area contributed by atoms with Gasteiger partial charge in [-0.25, -0.2) is 4.68 Å². The van der Waals surface area contributed by atoms with Crippen LogP contribution in [0.3, 0.4) is 0 Å². The molecule has 2 aromatic heterocycles. The minimum atomic E-state index is -0.740. The van der Waals surface area contributed by atoms with Gasteiger partial charge in [0.1, 0.15) is 11.3 Å². The summed E-state index contributed by atoms with van der Waals surface area (Å²) in [6, 6.07) is 5.25. The Kier molecular flexibility index (Phi) is 4.50. The molecule has 0 unspecified atom stereocenters. The van der Waals surface area contributed by atoms with Gasteiger partial charge in [0.2, 0.25) is 0 Å². The Bertz CT molecular complexity index is 635. The highest BCUT2D eigenvalue weighted by Gasteiger charge is 2.14. The van der Waals surface area contributed by atoms with Gasteiger partial charge in [-0.1, -0.05) is 19.4 Å². The molecule has 6 heteroatoms. The average Bonchev–Trinajstić information content (AvgIpc) is 2.91. The molecule has 100 valence electrons. The summed E-state index contributed by atoms with van der Waals surface area (Å²) in [5.41, 5.74) is 0.166. The van der Waals surface area contributed by atoms with Gasteiger partial charge in [-0.3, -0.25) is 9.59 Å². The normalized spacial score (nSPS) is 10.6. The Hall–Kier alpha value is -1.46. The lowest BCUT2D eigenvalue weighted by Gasteiger charge is -2.07. The molecule has 0 atom stereocenters. The number of hydrogen-bond acceptors (Lipinski definition) is 4. The van der Waals surface area contributed by atoms with Crippen molar-refractivity contribution in [3.63, 3.8) is 0 Å². The summed E-state index contributed by atoms with van der Waals surface area (Å²) >= 11 is 6.97. The minimum Gasteiger partial charge on any atom is -0.275 e. The first-order valence-corrected chi connectivity index (χ1v) is 7.25. The van der Waals surface area contributed by atoms with Crippen molar-refractivity contribution in [3.05, 3.63) is 39.5 Å². The van der Waals surface area contributed by atoms with Crippen LogP contribution in [0.5, 0.6) is 0 Å². The average molecular weight is 297 g/mol. The predicted molar refractivity (Wildman–Crippen MR) is 76.9 cm³/mol. The highest BCUT2D eigenvalue weighted by atomic mass is 35.5. The molecule has 0 saturated carbocycles. The molecular weight excluding hydrogens is 284 g/mol. The van der Waals surface area contributed by atoms with E-state index in [1.165, 1.54) is 22.1 Å². The van der Waals surface area contributed by atoms with Crippen LogP contribution in [0.25, 0.3) is 10.6 Å². The minimum absolute atomic E-state index is 0.0174. The maximum atomic E-state index is 12.0. The summed E-state index contributed by atoms with van der Waals surface area (Å²) in [7, 11) is 0. The number of halogens is 1. The molecule has 0 aliphatic carbocycles. The fraction of sp³-hybridized carbons (Fsp3) is 0.308. The third-order valence-corrected chi connectivity index (χ3v) is 3.78. The van der Waals surface area contributed by atoms with Crippen LogP contribution in [0.2, 0.25) is 0 Å². The third kappa shape index (κ3) is 3.11. The fourth-order valence-electron chi connectivity index (χ4n) is 1.69. The van der Waals surface area contributed by atoms with Crippen LogP contribution in [-0.2, 0) is 6.54 Å². The van der Waals surface area contributed by atoms with Crippen molar-refractivity contribution in [2.75, 3.05) is 0 Å². The van der Waals surface area contributed by atoms with Gasteiger partial charge in [-0.15, -0.1) is 11.3 Å². The maximum absolute atomic E-state index is 12.0. The lowest BCUT2D eigenvalue weighted by Crippen LogP contribution is -2.28. The van der Waals surface area contributed by atoms with Crippen LogP contribution in [-0.4, -0.2) is 15.0 Å². The lowest BCUT2D eigenvalue weighted by molar-refractivity contribution is 0.107. The van der Waals surface area contributed by atoms with Crippen LogP contribution in [0, 0.1) is 0 Å². The second-order valence-corrected chi connectivity index (χ2v) is 5.37. The van der Waals surface area contributed by atoms with Crippen LogP contribution in [0.1, 0.15) is 30.1 Å². The van der Waals surface area contributed by atoms with E-state index >= 15 is 0 Å². The van der Waals surface area contributed by atoms with Gasteiger partial charge in [-0.05, 0) is 35.5 Å². The molecule has 0 saturated heterocycles.